The standard InChI is InChI=1S/C12H16N2O3/c1-8(12(13)16)6-11(15)14-9-4-3-5-10(7-9)17-2/h3-5,7-8H,6H2,1-2H3,(H2,13,16)(H,14,15). The first kappa shape index (κ1) is 13.0. The van der Waals surface area contributed by atoms with Gasteiger partial charge in [-0.2, -0.15) is 0 Å². The van der Waals surface area contributed by atoms with Crippen LogP contribution in [0.5, 0.6) is 5.75 Å². The lowest BCUT2D eigenvalue weighted by Crippen LogP contribution is -2.25. The molecule has 0 radical (unpaired) electrons. The summed E-state index contributed by atoms with van der Waals surface area (Å²) < 4.78 is 5.03. The minimum Gasteiger partial charge on any atom is -0.497 e. The van der Waals surface area contributed by atoms with Gasteiger partial charge in [-0.15, -0.1) is 0 Å². The zero-order chi connectivity index (χ0) is 12.8. The molecule has 1 rings (SSSR count). The molecule has 0 aliphatic rings. The zero-order valence-corrected chi connectivity index (χ0v) is 9.90. The van der Waals surface area contributed by atoms with Gasteiger partial charge in [-0.3, -0.25) is 9.59 Å². The van der Waals surface area contributed by atoms with Crippen LogP contribution in [-0.2, 0) is 9.59 Å². The SMILES string of the molecule is COc1cccc(NC(=O)CC(C)C(N)=O)c1. The highest BCUT2D eigenvalue weighted by Gasteiger charge is 2.14. The molecule has 0 aliphatic heterocycles. The van der Waals surface area contributed by atoms with Crippen LogP contribution in [0.3, 0.4) is 0 Å². The molecule has 5 nitrogen and oxygen atoms in total. The van der Waals surface area contributed by atoms with Gasteiger partial charge in [0.05, 0.1) is 7.11 Å². The molecule has 0 saturated carbocycles. The zero-order valence-electron chi connectivity index (χ0n) is 9.90. The molecule has 1 aromatic carbocycles. The van der Waals surface area contributed by atoms with E-state index in [4.69, 9.17) is 10.5 Å². The van der Waals surface area contributed by atoms with Gasteiger partial charge < -0.3 is 15.8 Å². The molecular weight excluding hydrogens is 220 g/mol. The summed E-state index contributed by atoms with van der Waals surface area (Å²) in [5, 5.41) is 2.68. The Morgan fingerprint density at radius 1 is 1.47 bits per heavy atom. The highest BCUT2D eigenvalue weighted by atomic mass is 16.5. The van der Waals surface area contributed by atoms with Crippen LogP contribution in [0.15, 0.2) is 24.3 Å². The number of carbonyl (C=O) groups is 2. The molecule has 0 aliphatic carbocycles. The number of hydrogen-bond donors (Lipinski definition) is 2. The van der Waals surface area contributed by atoms with Crippen molar-refractivity contribution in [2.45, 2.75) is 13.3 Å². The number of methoxy groups -OCH3 is 1. The third-order valence-electron chi connectivity index (χ3n) is 2.33. The Morgan fingerprint density at radius 3 is 2.76 bits per heavy atom. The molecule has 3 N–H and O–H groups in total. The maximum atomic E-state index is 11.6. The normalized spacial score (nSPS) is 11.6. The van der Waals surface area contributed by atoms with E-state index in [-0.39, 0.29) is 12.3 Å². The Hall–Kier alpha value is -2.04. The van der Waals surface area contributed by atoms with Gasteiger partial charge in [0.2, 0.25) is 11.8 Å². The van der Waals surface area contributed by atoms with Crippen molar-refractivity contribution in [1.82, 2.24) is 0 Å². The Kier molecular flexibility index (Phi) is 4.51. The Morgan fingerprint density at radius 2 is 2.18 bits per heavy atom. The first-order valence-electron chi connectivity index (χ1n) is 5.26. The molecular formula is C12H16N2O3. The van der Waals surface area contributed by atoms with E-state index in [9.17, 15) is 9.59 Å². The van der Waals surface area contributed by atoms with E-state index in [1.165, 1.54) is 0 Å². The fourth-order valence-corrected chi connectivity index (χ4v) is 1.29. The molecule has 5 heteroatoms. The average Bonchev–Trinajstić information content (AvgIpc) is 2.28. The van der Waals surface area contributed by atoms with Gasteiger partial charge in [0, 0.05) is 24.1 Å². The molecule has 2 amide bonds. The number of ether oxygens (including phenoxy) is 1. The van der Waals surface area contributed by atoms with Gasteiger partial charge in [0.15, 0.2) is 0 Å². The predicted molar refractivity (Wildman–Crippen MR) is 64.6 cm³/mol. The van der Waals surface area contributed by atoms with E-state index >= 15 is 0 Å². The maximum Gasteiger partial charge on any atom is 0.225 e. The van der Waals surface area contributed by atoms with Crippen molar-refractivity contribution in [2.24, 2.45) is 11.7 Å². The largest absolute Gasteiger partial charge is 0.497 e. The summed E-state index contributed by atoms with van der Waals surface area (Å²) in [6.07, 6.45) is 0.0759. The lowest BCUT2D eigenvalue weighted by atomic mass is 10.1. The van der Waals surface area contributed by atoms with Gasteiger partial charge in [0.1, 0.15) is 5.75 Å². The number of anilines is 1. The topological polar surface area (TPSA) is 81.4 Å². The summed E-state index contributed by atoms with van der Waals surface area (Å²) in [5.41, 5.74) is 5.71. The fourth-order valence-electron chi connectivity index (χ4n) is 1.29. The van der Waals surface area contributed by atoms with Crippen LogP contribution in [-0.4, -0.2) is 18.9 Å². The summed E-state index contributed by atoms with van der Waals surface area (Å²) >= 11 is 0. The Bertz CT molecular complexity index is 418. The number of primary amides is 1. The number of nitrogens with two attached hydrogens (primary N) is 1. The van der Waals surface area contributed by atoms with E-state index < -0.39 is 11.8 Å². The van der Waals surface area contributed by atoms with E-state index in [0.717, 1.165) is 0 Å². The van der Waals surface area contributed by atoms with Crippen molar-refractivity contribution >= 4 is 17.5 Å². The molecule has 1 atom stereocenters. The lowest BCUT2D eigenvalue weighted by molar-refractivity contribution is -0.125. The molecule has 1 unspecified atom stereocenters. The monoisotopic (exact) mass is 236 g/mol. The van der Waals surface area contributed by atoms with Crippen LogP contribution < -0.4 is 15.8 Å². The molecule has 17 heavy (non-hydrogen) atoms. The lowest BCUT2D eigenvalue weighted by Gasteiger charge is -2.09. The van der Waals surface area contributed by atoms with E-state index in [1.807, 2.05) is 0 Å². The highest BCUT2D eigenvalue weighted by Crippen LogP contribution is 2.17. The average molecular weight is 236 g/mol. The first-order valence-corrected chi connectivity index (χ1v) is 5.26. The number of carbonyl (C=O) groups excluding carboxylic acids is 2. The minimum absolute atomic E-state index is 0.0759. The van der Waals surface area contributed by atoms with E-state index in [1.54, 1.807) is 38.3 Å². The molecule has 92 valence electrons. The summed E-state index contributed by atoms with van der Waals surface area (Å²) in [5.74, 6) is -0.540. The number of hydrogen-bond acceptors (Lipinski definition) is 3. The third-order valence-corrected chi connectivity index (χ3v) is 2.33. The molecule has 0 saturated heterocycles. The summed E-state index contributed by atoms with van der Waals surface area (Å²) in [7, 11) is 1.55. The predicted octanol–water partition coefficient (Wildman–Crippen LogP) is 1.15. The summed E-state index contributed by atoms with van der Waals surface area (Å²) in [6, 6.07) is 7.00. The Labute approximate surface area is 99.9 Å². The van der Waals surface area contributed by atoms with Gasteiger partial charge in [-0.05, 0) is 12.1 Å². The van der Waals surface area contributed by atoms with Gasteiger partial charge in [0.25, 0.3) is 0 Å². The molecule has 0 aromatic heterocycles. The second kappa shape index (κ2) is 5.89. The molecule has 0 spiro atoms. The highest BCUT2D eigenvalue weighted by molar-refractivity contribution is 5.93. The van der Waals surface area contributed by atoms with Crippen LogP contribution in [0, 0.1) is 5.92 Å². The maximum absolute atomic E-state index is 11.6. The number of benzene rings is 1. The van der Waals surface area contributed by atoms with Crippen LogP contribution in [0.4, 0.5) is 5.69 Å². The van der Waals surface area contributed by atoms with Crippen molar-refractivity contribution in [2.75, 3.05) is 12.4 Å². The van der Waals surface area contributed by atoms with Crippen molar-refractivity contribution in [3.8, 4) is 5.75 Å². The quantitative estimate of drug-likeness (QED) is 0.804. The summed E-state index contributed by atoms with van der Waals surface area (Å²) in [4.78, 5) is 22.4. The van der Waals surface area contributed by atoms with Crippen molar-refractivity contribution in [1.29, 1.82) is 0 Å². The van der Waals surface area contributed by atoms with Gasteiger partial charge >= 0.3 is 0 Å². The molecule has 0 fully saturated rings. The summed E-state index contributed by atoms with van der Waals surface area (Å²) in [6.45, 7) is 1.62. The van der Waals surface area contributed by atoms with Gasteiger partial charge in [-0.1, -0.05) is 13.0 Å². The van der Waals surface area contributed by atoms with Crippen LogP contribution >= 0.6 is 0 Å². The second-order valence-corrected chi connectivity index (χ2v) is 3.79. The van der Waals surface area contributed by atoms with E-state index in [0.29, 0.717) is 11.4 Å². The number of rotatable bonds is 5. The molecule has 0 bridgehead atoms. The molecule has 0 heterocycles. The van der Waals surface area contributed by atoms with Crippen LogP contribution in [0.25, 0.3) is 0 Å². The second-order valence-electron chi connectivity index (χ2n) is 3.79. The minimum atomic E-state index is -0.481. The Balaban J connectivity index is 2.58. The van der Waals surface area contributed by atoms with Crippen molar-refractivity contribution in [3.63, 3.8) is 0 Å². The fraction of sp³-hybridized carbons (Fsp3) is 0.333. The first-order chi connectivity index (χ1) is 8.02. The van der Waals surface area contributed by atoms with Crippen LogP contribution in [0.2, 0.25) is 0 Å². The number of nitrogens with one attached hydrogen (secondary N) is 1. The smallest absolute Gasteiger partial charge is 0.225 e. The van der Waals surface area contributed by atoms with Crippen molar-refractivity contribution in [3.05, 3.63) is 24.3 Å². The van der Waals surface area contributed by atoms with Crippen LogP contribution in [0.1, 0.15) is 13.3 Å². The molecule has 1 aromatic rings. The van der Waals surface area contributed by atoms with Gasteiger partial charge in [-0.25, -0.2) is 0 Å². The van der Waals surface area contributed by atoms with Crippen molar-refractivity contribution < 1.29 is 14.3 Å². The number of amides is 2. The van der Waals surface area contributed by atoms with E-state index in [2.05, 4.69) is 5.32 Å². The third kappa shape index (κ3) is 4.14.